The molecule has 4 heteroatoms. The molecule has 0 unspecified atom stereocenters. The maximum Gasteiger partial charge on any atom is 0.125 e. The molecule has 0 fully saturated rings. The molecule has 1 aromatic carbocycles. The molecule has 0 spiro atoms. The van der Waals surface area contributed by atoms with Gasteiger partial charge in [-0.15, -0.1) is 12.4 Å². The number of nitrogens with one attached hydrogen (secondary N) is 2. The third kappa shape index (κ3) is 2.21. The molecule has 2 aromatic rings. The van der Waals surface area contributed by atoms with Gasteiger partial charge < -0.3 is 10.3 Å². The van der Waals surface area contributed by atoms with Crippen LogP contribution in [-0.2, 0) is 0 Å². The molecule has 0 aliphatic carbocycles. The fraction of sp³-hybridized carbons (Fsp3) is 0.231. The Bertz CT molecular complexity index is 560. The second-order valence-corrected chi connectivity index (χ2v) is 4.08. The predicted octanol–water partition coefficient (Wildman–Crippen LogP) is 3.11. The predicted molar refractivity (Wildman–Crippen MR) is 71.0 cm³/mol. The summed E-state index contributed by atoms with van der Waals surface area (Å²) < 4.78 is 13.0. The summed E-state index contributed by atoms with van der Waals surface area (Å²) in [4.78, 5) is 3.13. The summed E-state index contributed by atoms with van der Waals surface area (Å²) in [6, 6.07) is 4.90. The topological polar surface area (TPSA) is 27.8 Å². The summed E-state index contributed by atoms with van der Waals surface area (Å²) in [6.45, 7) is 1.93. The van der Waals surface area contributed by atoms with Crippen LogP contribution in [-0.4, -0.2) is 18.1 Å². The molecule has 0 bridgehead atoms. The molecule has 0 saturated heterocycles. The van der Waals surface area contributed by atoms with Crippen molar-refractivity contribution in [3.05, 3.63) is 41.9 Å². The summed E-state index contributed by atoms with van der Waals surface area (Å²) >= 11 is 0. The highest BCUT2D eigenvalue weighted by Crippen LogP contribution is 2.28. The van der Waals surface area contributed by atoms with E-state index in [9.17, 15) is 4.39 Å². The number of fused-ring (bicyclic) bond motifs is 1. The van der Waals surface area contributed by atoms with Crippen molar-refractivity contribution in [3.8, 4) is 0 Å². The van der Waals surface area contributed by atoms with Gasteiger partial charge in [0.25, 0.3) is 0 Å². The first-order chi connectivity index (χ1) is 7.84. The minimum atomic E-state index is -0.194. The van der Waals surface area contributed by atoms with Crippen LogP contribution in [0.5, 0.6) is 0 Å². The number of aromatic amines is 1. The minimum Gasteiger partial charge on any atom is -0.360 e. The van der Waals surface area contributed by atoms with Crippen LogP contribution in [0, 0.1) is 5.82 Å². The van der Waals surface area contributed by atoms with Gasteiger partial charge >= 0.3 is 0 Å². The molecule has 90 valence electrons. The van der Waals surface area contributed by atoms with Crippen molar-refractivity contribution in [2.45, 2.75) is 6.42 Å². The van der Waals surface area contributed by atoms with Gasteiger partial charge in [0.2, 0.25) is 0 Å². The molecule has 0 atom stereocenters. The highest BCUT2D eigenvalue weighted by molar-refractivity contribution is 5.92. The molecule has 2 heterocycles. The number of benzene rings is 1. The van der Waals surface area contributed by atoms with Gasteiger partial charge in [-0.2, -0.15) is 0 Å². The Morgan fingerprint density at radius 2 is 2.12 bits per heavy atom. The monoisotopic (exact) mass is 252 g/mol. The molecule has 1 aliphatic rings. The van der Waals surface area contributed by atoms with Crippen LogP contribution in [0.25, 0.3) is 16.5 Å². The molecule has 3 rings (SSSR count). The van der Waals surface area contributed by atoms with E-state index in [0.717, 1.165) is 30.4 Å². The molecule has 2 nitrogen and oxygen atoms in total. The van der Waals surface area contributed by atoms with E-state index in [-0.39, 0.29) is 18.2 Å². The summed E-state index contributed by atoms with van der Waals surface area (Å²) in [7, 11) is 0. The lowest BCUT2D eigenvalue weighted by atomic mass is 10.00. The fourth-order valence-electron chi connectivity index (χ4n) is 2.23. The van der Waals surface area contributed by atoms with E-state index in [0.29, 0.717) is 0 Å². The number of hydrogen-bond acceptors (Lipinski definition) is 1. The van der Waals surface area contributed by atoms with Crippen molar-refractivity contribution in [2.24, 2.45) is 0 Å². The number of rotatable bonds is 1. The van der Waals surface area contributed by atoms with Gasteiger partial charge in [-0.05, 0) is 36.7 Å². The lowest BCUT2D eigenvalue weighted by Gasteiger charge is -2.13. The fourth-order valence-corrected chi connectivity index (χ4v) is 2.23. The van der Waals surface area contributed by atoms with Crippen molar-refractivity contribution >= 4 is 28.9 Å². The van der Waals surface area contributed by atoms with Crippen LogP contribution in [0.2, 0.25) is 0 Å². The Balaban J connectivity index is 0.00000108. The number of H-pyrrole nitrogens is 1. The normalized spacial score (nSPS) is 15.5. The quantitative estimate of drug-likeness (QED) is 0.802. The van der Waals surface area contributed by atoms with Crippen LogP contribution in [0.1, 0.15) is 12.0 Å². The zero-order valence-electron chi connectivity index (χ0n) is 9.29. The standard InChI is InChI=1S/C13H13FN2.ClH/c14-10-1-2-11-12(8-16-13(11)7-10)9-3-5-15-6-4-9;/h1-3,7-8,15-16H,4-6H2;1H. The Morgan fingerprint density at radius 1 is 1.24 bits per heavy atom. The van der Waals surface area contributed by atoms with E-state index in [4.69, 9.17) is 0 Å². The van der Waals surface area contributed by atoms with E-state index in [1.165, 1.54) is 17.2 Å². The van der Waals surface area contributed by atoms with Crippen molar-refractivity contribution in [1.82, 2.24) is 10.3 Å². The van der Waals surface area contributed by atoms with E-state index in [1.54, 1.807) is 6.07 Å². The molecule has 1 aromatic heterocycles. The first-order valence-corrected chi connectivity index (χ1v) is 5.51. The van der Waals surface area contributed by atoms with Crippen molar-refractivity contribution in [1.29, 1.82) is 0 Å². The number of halogens is 2. The second kappa shape index (κ2) is 4.90. The van der Waals surface area contributed by atoms with Gasteiger partial charge in [-0.3, -0.25) is 0 Å². The van der Waals surface area contributed by atoms with Gasteiger partial charge in [0.05, 0.1) is 0 Å². The van der Waals surface area contributed by atoms with Gasteiger partial charge in [-0.25, -0.2) is 4.39 Å². The smallest absolute Gasteiger partial charge is 0.125 e. The molecule has 0 radical (unpaired) electrons. The average Bonchev–Trinajstić information content (AvgIpc) is 2.73. The van der Waals surface area contributed by atoms with E-state index in [1.807, 2.05) is 12.3 Å². The number of hydrogen-bond donors (Lipinski definition) is 2. The summed E-state index contributed by atoms with van der Waals surface area (Å²) in [5.74, 6) is -0.194. The molecule has 0 amide bonds. The summed E-state index contributed by atoms with van der Waals surface area (Å²) in [6.07, 6.45) is 5.21. The minimum absolute atomic E-state index is 0. The highest BCUT2D eigenvalue weighted by Gasteiger charge is 2.10. The van der Waals surface area contributed by atoms with Gasteiger partial charge in [0.1, 0.15) is 5.82 Å². The lowest BCUT2D eigenvalue weighted by Crippen LogP contribution is -2.19. The van der Waals surface area contributed by atoms with E-state index >= 15 is 0 Å². The molecular formula is C13H14ClFN2. The third-order valence-electron chi connectivity index (χ3n) is 3.05. The Hall–Kier alpha value is -1.32. The first kappa shape index (κ1) is 12.1. The number of aromatic nitrogens is 1. The Labute approximate surface area is 105 Å². The Kier molecular flexibility index (Phi) is 3.50. The van der Waals surface area contributed by atoms with Crippen LogP contribution < -0.4 is 5.32 Å². The Morgan fingerprint density at radius 3 is 2.88 bits per heavy atom. The second-order valence-electron chi connectivity index (χ2n) is 4.08. The van der Waals surface area contributed by atoms with Crippen LogP contribution in [0.15, 0.2) is 30.5 Å². The lowest BCUT2D eigenvalue weighted by molar-refractivity contribution is 0.629. The van der Waals surface area contributed by atoms with Crippen molar-refractivity contribution < 1.29 is 4.39 Å². The van der Waals surface area contributed by atoms with Gasteiger partial charge in [0, 0.05) is 29.2 Å². The van der Waals surface area contributed by atoms with E-state index < -0.39 is 0 Å². The third-order valence-corrected chi connectivity index (χ3v) is 3.05. The summed E-state index contributed by atoms with van der Waals surface area (Å²) in [5, 5.41) is 4.39. The maximum absolute atomic E-state index is 13.0. The molecule has 17 heavy (non-hydrogen) atoms. The van der Waals surface area contributed by atoms with Crippen molar-refractivity contribution in [2.75, 3.05) is 13.1 Å². The zero-order chi connectivity index (χ0) is 11.0. The largest absolute Gasteiger partial charge is 0.360 e. The molecule has 0 saturated carbocycles. The van der Waals surface area contributed by atoms with Crippen molar-refractivity contribution in [3.63, 3.8) is 0 Å². The first-order valence-electron chi connectivity index (χ1n) is 5.51. The van der Waals surface area contributed by atoms with Crippen LogP contribution in [0.3, 0.4) is 0 Å². The maximum atomic E-state index is 13.0. The SMILES string of the molecule is Cl.Fc1ccc2c(C3=CCNCC3)c[nH]c2c1. The van der Waals surface area contributed by atoms with Gasteiger partial charge in [-0.1, -0.05) is 6.08 Å². The summed E-state index contributed by atoms with van der Waals surface area (Å²) in [5.41, 5.74) is 3.42. The molecule has 1 aliphatic heterocycles. The van der Waals surface area contributed by atoms with Crippen LogP contribution >= 0.6 is 12.4 Å². The molecule has 2 N–H and O–H groups in total. The van der Waals surface area contributed by atoms with Crippen LogP contribution in [0.4, 0.5) is 4.39 Å². The zero-order valence-corrected chi connectivity index (χ0v) is 10.1. The molecular weight excluding hydrogens is 239 g/mol. The van der Waals surface area contributed by atoms with E-state index in [2.05, 4.69) is 16.4 Å². The highest BCUT2D eigenvalue weighted by atomic mass is 35.5. The van der Waals surface area contributed by atoms with Gasteiger partial charge in [0.15, 0.2) is 0 Å². The average molecular weight is 253 g/mol.